The molecule has 0 saturated heterocycles. The Balaban J connectivity index is 1.97. The van der Waals surface area contributed by atoms with Gasteiger partial charge in [-0.2, -0.15) is 0 Å². The fraction of sp³-hybridized carbons (Fsp3) is 0.111. The van der Waals surface area contributed by atoms with E-state index in [9.17, 15) is 4.79 Å². The van der Waals surface area contributed by atoms with E-state index in [2.05, 4.69) is 11.1 Å². The van der Waals surface area contributed by atoms with E-state index in [0.717, 1.165) is 16.7 Å². The number of hydrogen-bond acceptors (Lipinski definition) is 3. The van der Waals surface area contributed by atoms with Gasteiger partial charge in [0.05, 0.1) is 0 Å². The fourth-order valence-corrected chi connectivity index (χ4v) is 2.25. The van der Waals surface area contributed by atoms with Crippen LogP contribution in [0.1, 0.15) is 22.3 Å². The molecule has 2 aromatic rings. The smallest absolute Gasteiger partial charge is 0.363 e. The molecular weight excluding hydrogens is 262 g/mol. The van der Waals surface area contributed by atoms with Crippen molar-refractivity contribution >= 4 is 17.9 Å². The second-order valence-electron chi connectivity index (χ2n) is 5.06. The minimum atomic E-state index is -0.408. The molecule has 104 valence electrons. The van der Waals surface area contributed by atoms with E-state index in [1.807, 2.05) is 56.3 Å². The molecule has 0 spiro atoms. The summed E-state index contributed by atoms with van der Waals surface area (Å²) in [6.45, 7) is 4.06. The summed E-state index contributed by atoms with van der Waals surface area (Å²) in [5.41, 5.74) is 4.41. The highest BCUT2D eigenvalue weighted by atomic mass is 16.6. The first-order valence-corrected chi connectivity index (χ1v) is 6.79. The number of cyclic esters (lactones) is 1. The summed E-state index contributed by atoms with van der Waals surface area (Å²) in [6, 6.07) is 15.5. The van der Waals surface area contributed by atoms with Gasteiger partial charge >= 0.3 is 5.97 Å². The predicted molar refractivity (Wildman–Crippen MR) is 83.0 cm³/mol. The van der Waals surface area contributed by atoms with Crippen LogP contribution in [0.4, 0.5) is 0 Å². The Morgan fingerprint density at radius 1 is 1.05 bits per heavy atom. The number of benzene rings is 2. The molecule has 0 unspecified atom stereocenters. The molecule has 2 aromatic carbocycles. The highest BCUT2D eigenvalue weighted by molar-refractivity contribution is 6.12. The van der Waals surface area contributed by atoms with Gasteiger partial charge < -0.3 is 4.74 Å². The zero-order valence-corrected chi connectivity index (χ0v) is 12.0. The highest BCUT2D eigenvalue weighted by Crippen LogP contribution is 2.21. The maximum Gasteiger partial charge on any atom is 0.363 e. The number of carbonyl (C=O) groups excluding carboxylic acids is 1. The Kier molecular flexibility index (Phi) is 3.40. The average molecular weight is 277 g/mol. The second-order valence-corrected chi connectivity index (χ2v) is 5.06. The maximum atomic E-state index is 11.9. The van der Waals surface area contributed by atoms with Crippen LogP contribution in [0.25, 0.3) is 6.08 Å². The van der Waals surface area contributed by atoms with Gasteiger partial charge in [0.2, 0.25) is 5.90 Å². The summed E-state index contributed by atoms with van der Waals surface area (Å²) in [6.07, 6.45) is 1.77. The van der Waals surface area contributed by atoms with Crippen molar-refractivity contribution in [3.8, 4) is 0 Å². The molecule has 0 aromatic heterocycles. The van der Waals surface area contributed by atoms with Crippen molar-refractivity contribution in [3.05, 3.63) is 76.5 Å². The number of aryl methyl sites for hydroxylation is 2. The predicted octanol–water partition coefficient (Wildman–Crippen LogP) is 3.65. The fourth-order valence-electron chi connectivity index (χ4n) is 2.25. The molecule has 3 heteroatoms. The van der Waals surface area contributed by atoms with E-state index in [-0.39, 0.29) is 0 Å². The van der Waals surface area contributed by atoms with E-state index in [1.54, 1.807) is 6.08 Å². The molecule has 1 aliphatic heterocycles. The lowest BCUT2D eigenvalue weighted by Gasteiger charge is -2.01. The molecule has 3 nitrogen and oxygen atoms in total. The van der Waals surface area contributed by atoms with Crippen LogP contribution in [0.5, 0.6) is 0 Å². The zero-order valence-electron chi connectivity index (χ0n) is 12.0. The minimum Gasteiger partial charge on any atom is -0.402 e. The molecule has 0 aliphatic carbocycles. The minimum absolute atomic E-state index is 0.334. The Hall–Kier alpha value is -2.68. The first-order chi connectivity index (χ1) is 10.1. The largest absolute Gasteiger partial charge is 0.402 e. The summed E-state index contributed by atoms with van der Waals surface area (Å²) in [4.78, 5) is 16.2. The maximum absolute atomic E-state index is 11.9. The monoisotopic (exact) mass is 277 g/mol. The standard InChI is InChI=1S/C18H15NO2/c1-12-8-9-15(13(2)10-12)11-16-18(20)21-17(19-16)14-6-4-3-5-7-14/h3-11H,1-2H3. The summed E-state index contributed by atoms with van der Waals surface area (Å²) in [5, 5.41) is 0. The summed E-state index contributed by atoms with van der Waals surface area (Å²) in [7, 11) is 0. The average Bonchev–Trinajstić information content (AvgIpc) is 2.84. The first-order valence-electron chi connectivity index (χ1n) is 6.79. The Morgan fingerprint density at radius 3 is 2.52 bits per heavy atom. The summed E-state index contributed by atoms with van der Waals surface area (Å²) < 4.78 is 5.24. The number of carbonyl (C=O) groups is 1. The van der Waals surface area contributed by atoms with Gasteiger partial charge in [0.25, 0.3) is 0 Å². The van der Waals surface area contributed by atoms with Gasteiger partial charge in [-0.05, 0) is 43.2 Å². The molecule has 1 heterocycles. The molecule has 0 atom stereocenters. The number of ether oxygens (including phenoxy) is 1. The van der Waals surface area contributed by atoms with Crippen molar-refractivity contribution in [2.24, 2.45) is 4.99 Å². The zero-order chi connectivity index (χ0) is 14.8. The molecule has 0 radical (unpaired) electrons. The van der Waals surface area contributed by atoms with Gasteiger partial charge in [-0.25, -0.2) is 9.79 Å². The van der Waals surface area contributed by atoms with E-state index in [4.69, 9.17) is 4.74 Å². The summed E-state index contributed by atoms with van der Waals surface area (Å²) in [5.74, 6) is -0.0505. The molecule has 0 N–H and O–H groups in total. The van der Waals surface area contributed by atoms with E-state index in [1.165, 1.54) is 5.56 Å². The summed E-state index contributed by atoms with van der Waals surface area (Å²) >= 11 is 0. The SMILES string of the molecule is Cc1ccc(C=C2N=C(c3ccccc3)OC2=O)c(C)c1. The molecule has 0 amide bonds. The van der Waals surface area contributed by atoms with Crippen LogP contribution in [0.2, 0.25) is 0 Å². The lowest BCUT2D eigenvalue weighted by atomic mass is 10.0. The van der Waals surface area contributed by atoms with Gasteiger partial charge in [-0.1, -0.05) is 42.0 Å². The van der Waals surface area contributed by atoms with Crippen LogP contribution < -0.4 is 0 Å². The highest BCUT2D eigenvalue weighted by Gasteiger charge is 2.23. The Bertz CT molecular complexity index is 758. The van der Waals surface area contributed by atoms with Crippen molar-refractivity contribution in [1.82, 2.24) is 0 Å². The Morgan fingerprint density at radius 2 is 1.81 bits per heavy atom. The third kappa shape index (κ3) is 2.77. The third-order valence-electron chi connectivity index (χ3n) is 3.36. The third-order valence-corrected chi connectivity index (χ3v) is 3.36. The lowest BCUT2D eigenvalue weighted by Crippen LogP contribution is -2.04. The van der Waals surface area contributed by atoms with Crippen molar-refractivity contribution in [1.29, 1.82) is 0 Å². The van der Waals surface area contributed by atoms with Gasteiger partial charge in [0.1, 0.15) is 0 Å². The van der Waals surface area contributed by atoms with Crippen LogP contribution >= 0.6 is 0 Å². The molecular formula is C18H15NO2. The molecule has 3 rings (SSSR count). The van der Waals surface area contributed by atoms with Crippen LogP contribution in [-0.2, 0) is 9.53 Å². The van der Waals surface area contributed by atoms with Crippen molar-refractivity contribution in [2.75, 3.05) is 0 Å². The normalized spacial score (nSPS) is 16.0. The molecule has 0 fully saturated rings. The quantitative estimate of drug-likeness (QED) is 0.621. The van der Waals surface area contributed by atoms with Gasteiger partial charge in [0.15, 0.2) is 5.70 Å². The molecule has 21 heavy (non-hydrogen) atoms. The van der Waals surface area contributed by atoms with Crippen LogP contribution in [-0.4, -0.2) is 11.9 Å². The number of nitrogens with zero attached hydrogens (tertiary/aromatic N) is 1. The number of hydrogen-bond donors (Lipinski definition) is 0. The van der Waals surface area contributed by atoms with E-state index < -0.39 is 5.97 Å². The molecule has 0 bridgehead atoms. The van der Waals surface area contributed by atoms with Crippen molar-refractivity contribution in [2.45, 2.75) is 13.8 Å². The number of rotatable bonds is 2. The van der Waals surface area contributed by atoms with Gasteiger partial charge in [-0.15, -0.1) is 0 Å². The first kappa shape index (κ1) is 13.3. The second kappa shape index (κ2) is 5.37. The van der Waals surface area contributed by atoms with Crippen molar-refractivity contribution in [3.63, 3.8) is 0 Å². The van der Waals surface area contributed by atoms with Crippen molar-refractivity contribution < 1.29 is 9.53 Å². The number of aliphatic imine (C=N–C) groups is 1. The van der Waals surface area contributed by atoms with Crippen LogP contribution in [0.3, 0.4) is 0 Å². The van der Waals surface area contributed by atoms with E-state index >= 15 is 0 Å². The van der Waals surface area contributed by atoms with E-state index in [0.29, 0.717) is 11.6 Å². The lowest BCUT2D eigenvalue weighted by molar-refractivity contribution is -0.129. The van der Waals surface area contributed by atoms with Gasteiger partial charge in [0, 0.05) is 5.56 Å². The van der Waals surface area contributed by atoms with Crippen LogP contribution in [0, 0.1) is 13.8 Å². The molecule has 0 saturated carbocycles. The number of esters is 1. The van der Waals surface area contributed by atoms with Gasteiger partial charge in [-0.3, -0.25) is 0 Å². The topological polar surface area (TPSA) is 38.7 Å². The molecule has 1 aliphatic rings. The Labute approximate surface area is 123 Å². The van der Waals surface area contributed by atoms with Crippen LogP contribution in [0.15, 0.2) is 59.2 Å².